The van der Waals surface area contributed by atoms with E-state index in [0.717, 1.165) is 33.3 Å². The van der Waals surface area contributed by atoms with E-state index in [0.29, 0.717) is 33.0 Å². The molecule has 0 aliphatic heterocycles. The number of nitrogens with one attached hydrogen (secondary N) is 1. The summed E-state index contributed by atoms with van der Waals surface area (Å²) in [6.07, 6.45) is 0.0952. The van der Waals surface area contributed by atoms with Crippen LogP contribution in [0.25, 0.3) is 33.3 Å². The average Bonchev–Trinajstić information content (AvgIpc) is 3.44. The van der Waals surface area contributed by atoms with Crippen molar-refractivity contribution in [2.75, 3.05) is 7.11 Å². The first-order chi connectivity index (χ1) is 21.3. The Bertz CT molecular complexity index is 1960. The Kier molecular flexibility index (Phi) is 8.90. The van der Waals surface area contributed by atoms with Crippen molar-refractivity contribution in [3.8, 4) is 34.0 Å². The predicted molar refractivity (Wildman–Crippen MR) is 178 cm³/mol. The molecule has 2 unspecified atom stereocenters. The number of aromatic nitrogens is 2. The highest BCUT2D eigenvalue weighted by Gasteiger charge is 2.31. The standard InChI is InChI=1S/C35H29Cl2N2O4P/c1-3-34(26-11-7-12-27(36)19-26)43-44(40,41-2)29-14-8-13-28(20-29)42-35-38-32-21-30(31(37)22-33(32)39-35)25-17-15-24(16-18-25)23-9-5-4-6-10-23/h4-22,34H,3H2,1-2H3,(H,38,39). The van der Waals surface area contributed by atoms with Gasteiger partial charge in [0, 0.05) is 17.7 Å². The van der Waals surface area contributed by atoms with E-state index in [2.05, 4.69) is 46.4 Å². The normalized spacial score (nSPS) is 13.5. The van der Waals surface area contributed by atoms with Crippen LogP contribution in [0.15, 0.2) is 115 Å². The van der Waals surface area contributed by atoms with Crippen LogP contribution < -0.4 is 10.0 Å². The fourth-order valence-corrected chi connectivity index (χ4v) is 7.08. The van der Waals surface area contributed by atoms with Gasteiger partial charge in [0.05, 0.1) is 27.5 Å². The maximum absolute atomic E-state index is 13.9. The molecule has 0 spiro atoms. The largest absolute Gasteiger partial charge is 0.426 e. The third-order valence-corrected chi connectivity index (χ3v) is 9.77. The van der Waals surface area contributed by atoms with E-state index in [1.165, 1.54) is 7.11 Å². The second kappa shape index (κ2) is 13.0. The third-order valence-electron chi connectivity index (χ3n) is 7.30. The number of aromatic amines is 1. The highest BCUT2D eigenvalue weighted by Crippen LogP contribution is 2.51. The van der Waals surface area contributed by atoms with Crippen LogP contribution >= 0.6 is 30.8 Å². The number of imidazole rings is 1. The summed E-state index contributed by atoms with van der Waals surface area (Å²) in [5.74, 6) is 0.418. The molecule has 1 aromatic heterocycles. The molecular weight excluding hydrogens is 614 g/mol. The number of rotatable bonds is 10. The summed E-state index contributed by atoms with van der Waals surface area (Å²) in [6.45, 7) is 1.95. The summed E-state index contributed by atoms with van der Waals surface area (Å²) in [5.41, 5.74) is 6.36. The molecule has 0 saturated heterocycles. The fraction of sp³-hybridized carbons (Fsp3) is 0.114. The van der Waals surface area contributed by atoms with Gasteiger partial charge in [-0.2, -0.15) is 4.98 Å². The van der Waals surface area contributed by atoms with Gasteiger partial charge in [0.2, 0.25) is 0 Å². The molecule has 1 heterocycles. The van der Waals surface area contributed by atoms with Crippen molar-refractivity contribution in [3.63, 3.8) is 0 Å². The first-order valence-corrected chi connectivity index (χ1v) is 16.4. The second-order valence-electron chi connectivity index (χ2n) is 10.2. The van der Waals surface area contributed by atoms with Gasteiger partial charge in [0.1, 0.15) is 5.75 Å². The molecule has 0 fully saturated rings. The quantitative estimate of drug-likeness (QED) is 0.150. The van der Waals surface area contributed by atoms with Crippen LogP contribution in [0.5, 0.6) is 11.8 Å². The smallest absolute Gasteiger partial charge is 0.361 e. The van der Waals surface area contributed by atoms with Crippen molar-refractivity contribution < 1.29 is 18.3 Å². The Morgan fingerprint density at radius 1 is 0.818 bits per heavy atom. The number of nitrogens with zero attached hydrogens (tertiary/aromatic N) is 1. The Hall–Kier alpha value is -3.90. The van der Waals surface area contributed by atoms with Crippen molar-refractivity contribution in [2.24, 2.45) is 0 Å². The van der Waals surface area contributed by atoms with Crippen LogP contribution in [-0.2, 0) is 13.6 Å². The van der Waals surface area contributed by atoms with Gasteiger partial charge >= 0.3 is 7.60 Å². The first kappa shape index (κ1) is 30.1. The molecule has 0 aliphatic rings. The van der Waals surface area contributed by atoms with E-state index < -0.39 is 13.7 Å². The van der Waals surface area contributed by atoms with Gasteiger partial charge in [-0.1, -0.05) is 103 Å². The molecular formula is C35H29Cl2N2O4P. The number of benzene rings is 5. The zero-order valence-electron chi connectivity index (χ0n) is 24.0. The maximum Gasteiger partial charge on any atom is 0.361 e. The predicted octanol–water partition coefficient (Wildman–Crippen LogP) is 10.6. The molecule has 6 nitrogen and oxygen atoms in total. The van der Waals surface area contributed by atoms with E-state index in [-0.39, 0.29) is 6.01 Å². The molecule has 2 atom stereocenters. The monoisotopic (exact) mass is 642 g/mol. The minimum atomic E-state index is -3.71. The summed E-state index contributed by atoms with van der Waals surface area (Å²) >= 11 is 12.9. The zero-order valence-corrected chi connectivity index (χ0v) is 26.4. The second-order valence-corrected chi connectivity index (χ2v) is 13.1. The topological polar surface area (TPSA) is 73.4 Å². The summed E-state index contributed by atoms with van der Waals surface area (Å²) in [5, 5.41) is 1.52. The van der Waals surface area contributed by atoms with Gasteiger partial charge in [-0.3, -0.25) is 9.09 Å². The van der Waals surface area contributed by atoms with Gasteiger partial charge in [0.25, 0.3) is 6.01 Å². The molecule has 0 aliphatic carbocycles. The Morgan fingerprint density at radius 3 is 2.27 bits per heavy atom. The Balaban J connectivity index is 1.23. The number of hydrogen-bond donors (Lipinski definition) is 1. The lowest BCUT2D eigenvalue weighted by Gasteiger charge is -2.23. The lowest BCUT2D eigenvalue weighted by Crippen LogP contribution is -2.12. The lowest BCUT2D eigenvalue weighted by molar-refractivity contribution is 0.165. The summed E-state index contributed by atoms with van der Waals surface area (Å²) in [4.78, 5) is 7.81. The highest BCUT2D eigenvalue weighted by atomic mass is 35.5. The van der Waals surface area contributed by atoms with Crippen LogP contribution in [0.4, 0.5) is 0 Å². The van der Waals surface area contributed by atoms with E-state index in [1.807, 2.05) is 49.4 Å². The number of fused-ring (bicyclic) bond motifs is 1. The Labute approximate surface area is 266 Å². The Morgan fingerprint density at radius 2 is 1.55 bits per heavy atom. The van der Waals surface area contributed by atoms with Gasteiger partial charge in [-0.15, -0.1) is 0 Å². The van der Waals surface area contributed by atoms with Crippen molar-refractivity contribution >= 4 is 47.1 Å². The zero-order chi connectivity index (χ0) is 30.7. The summed E-state index contributed by atoms with van der Waals surface area (Å²) < 4.78 is 31.5. The summed E-state index contributed by atoms with van der Waals surface area (Å²) in [6, 6.07) is 36.6. The lowest BCUT2D eigenvalue weighted by atomic mass is 10.00. The molecule has 6 aromatic rings. The molecule has 1 N–H and O–H groups in total. The van der Waals surface area contributed by atoms with Crippen LogP contribution in [0.1, 0.15) is 25.0 Å². The number of ether oxygens (including phenoxy) is 1. The van der Waals surface area contributed by atoms with Gasteiger partial charge < -0.3 is 14.2 Å². The molecule has 9 heteroatoms. The molecule has 222 valence electrons. The van der Waals surface area contributed by atoms with Crippen LogP contribution in [-0.4, -0.2) is 17.1 Å². The van der Waals surface area contributed by atoms with Crippen LogP contribution in [0.3, 0.4) is 0 Å². The van der Waals surface area contributed by atoms with Crippen molar-refractivity contribution in [1.29, 1.82) is 0 Å². The average molecular weight is 644 g/mol. The molecule has 0 saturated carbocycles. The summed E-state index contributed by atoms with van der Waals surface area (Å²) in [7, 11) is -2.34. The first-order valence-electron chi connectivity index (χ1n) is 14.1. The maximum atomic E-state index is 13.9. The van der Waals surface area contributed by atoms with E-state index in [9.17, 15) is 4.57 Å². The minimum absolute atomic E-state index is 0.267. The molecule has 6 rings (SSSR count). The van der Waals surface area contributed by atoms with Crippen LogP contribution in [0.2, 0.25) is 10.0 Å². The molecule has 0 amide bonds. The third kappa shape index (κ3) is 6.46. The highest BCUT2D eigenvalue weighted by molar-refractivity contribution is 7.62. The number of halogens is 2. The van der Waals surface area contributed by atoms with Gasteiger partial charge in [-0.05, 0) is 71.1 Å². The molecule has 0 bridgehead atoms. The minimum Gasteiger partial charge on any atom is -0.426 e. The van der Waals surface area contributed by atoms with Crippen molar-refractivity contribution in [1.82, 2.24) is 9.97 Å². The number of hydrogen-bond acceptors (Lipinski definition) is 5. The van der Waals surface area contributed by atoms with Crippen molar-refractivity contribution in [2.45, 2.75) is 19.4 Å². The SMILES string of the molecule is CCC(OP(=O)(OC)c1cccc(Oc2nc3cc(-c4ccc(-c5ccccc5)cc4)c(Cl)cc3[nH]2)c1)c1cccc(Cl)c1. The van der Waals surface area contributed by atoms with E-state index in [1.54, 1.807) is 36.4 Å². The van der Waals surface area contributed by atoms with E-state index >= 15 is 0 Å². The molecule has 5 aromatic carbocycles. The van der Waals surface area contributed by atoms with Gasteiger partial charge in [-0.25, -0.2) is 0 Å². The van der Waals surface area contributed by atoms with Crippen molar-refractivity contribution in [3.05, 3.63) is 131 Å². The molecule has 0 radical (unpaired) electrons. The van der Waals surface area contributed by atoms with E-state index in [4.69, 9.17) is 37.0 Å². The molecule has 44 heavy (non-hydrogen) atoms. The fourth-order valence-electron chi connectivity index (χ4n) is 5.03. The number of H-pyrrole nitrogens is 1. The van der Waals surface area contributed by atoms with Gasteiger partial charge in [0.15, 0.2) is 0 Å². The van der Waals surface area contributed by atoms with Crippen LogP contribution in [0, 0.1) is 0 Å².